The van der Waals surface area contributed by atoms with Gasteiger partial charge in [-0.15, -0.1) is 10.2 Å². The minimum Gasteiger partial charge on any atom is -0.408 e. The number of fused-ring (bicyclic) bond motifs is 2. The van der Waals surface area contributed by atoms with Crippen LogP contribution in [0.2, 0.25) is 0 Å². The fourth-order valence-corrected chi connectivity index (χ4v) is 5.04. The van der Waals surface area contributed by atoms with Gasteiger partial charge in [-0.05, 0) is 36.6 Å². The third-order valence-electron chi connectivity index (χ3n) is 6.76. The number of oxazole rings is 1. The van der Waals surface area contributed by atoms with Crippen LogP contribution in [0.15, 0.2) is 45.6 Å². The van der Waals surface area contributed by atoms with Crippen molar-refractivity contribution in [3.63, 3.8) is 0 Å². The molecule has 0 bridgehead atoms. The van der Waals surface area contributed by atoms with Gasteiger partial charge in [0.2, 0.25) is 0 Å². The summed E-state index contributed by atoms with van der Waals surface area (Å²) in [5.74, 6) is -2.44. The van der Waals surface area contributed by atoms with Gasteiger partial charge in [0, 0.05) is 18.7 Å². The smallest absolute Gasteiger partial charge is 0.408 e. The van der Waals surface area contributed by atoms with Crippen LogP contribution in [0.3, 0.4) is 0 Å². The fraction of sp³-hybridized carbons (Fsp3) is 0.261. The van der Waals surface area contributed by atoms with Gasteiger partial charge in [-0.25, -0.2) is 9.59 Å². The van der Waals surface area contributed by atoms with Gasteiger partial charge in [0.15, 0.2) is 17.3 Å². The molecule has 1 aliphatic carbocycles. The van der Waals surface area contributed by atoms with Crippen molar-refractivity contribution in [2.75, 3.05) is 0 Å². The highest BCUT2D eigenvalue weighted by atomic mass is 19.4. The lowest BCUT2D eigenvalue weighted by Crippen LogP contribution is -2.50. The number of rotatable bonds is 3. The molecule has 0 saturated carbocycles. The number of H-pyrrole nitrogens is 1. The Labute approximate surface area is 204 Å². The molecule has 0 fully saturated rings. The Morgan fingerprint density at radius 2 is 1.97 bits per heavy atom. The van der Waals surface area contributed by atoms with Crippen molar-refractivity contribution in [1.82, 2.24) is 30.1 Å². The van der Waals surface area contributed by atoms with E-state index in [-0.39, 0.29) is 41.1 Å². The lowest BCUT2D eigenvalue weighted by Gasteiger charge is -2.27. The van der Waals surface area contributed by atoms with Crippen molar-refractivity contribution >= 4 is 34.9 Å². The largest absolute Gasteiger partial charge is 0.506 e. The van der Waals surface area contributed by atoms with Crippen LogP contribution in [0.25, 0.3) is 11.1 Å². The number of aromatic nitrogens is 5. The van der Waals surface area contributed by atoms with Gasteiger partial charge in [-0.1, -0.05) is 17.3 Å². The molecule has 6 rings (SSSR count). The molecule has 0 saturated heterocycles. The predicted molar refractivity (Wildman–Crippen MR) is 119 cm³/mol. The first-order chi connectivity index (χ1) is 17.6. The monoisotopic (exact) mass is 512 g/mol. The number of tetrazole rings is 1. The van der Waals surface area contributed by atoms with Crippen LogP contribution in [-0.2, 0) is 24.4 Å². The normalized spacial score (nSPS) is 20.0. The Bertz CT molecular complexity index is 1670. The van der Waals surface area contributed by atoms with E-state index in [0.29, 0.717) is 5.52 Å². The van der Waals surface area contributed by atoms with Crippen molar-refractivity contribution in [2.45, 2.75) is 31.0 Å². The quantitative estimate of drug-likeness (QED) is 0.418. The second kappa shape index (κ2) is 7.94. The first-order valence-corrected chi connectivity index (χ1v) is 11.2. The van der Waals surface area contributed by atoms with E-state index in [4.69, 9.17) is 4.42 Å². The summed E-state index contributed by atoms with van der Waals surface area (Å²) in [6.07, 6.45) is -3.09. The average molecular weight is 512 g/mol. The Morgan fingerprint density at radius 1 is 1.16 bits per heavy atom. The van der Waals surface area contributed by atoms with E-state index < -0.39 is 41.4 Å². The molecule has 2 aromatic carbocycles. The summed E-state index contributed by atoms with van der Waals surface area (Å²) in [6, 6.07) is 6.69. The van der Waals surface area contributed by atoms with E-state index in [1.807, 2.05) is 0 Å². The third-order valence-corrected chi connectivity index (χ3v) is 6.76. The first kappa shape index (κ1) is 22.8. The van der Waals surface area contributed by atoms with Gasteiger partial charge in [-0.2, -0.15) is 32.7 Å². The van der Waals surface area contributed by atoms with Gasteiger partial charge in [0.1, 0.15) is 11.7 Å². The second-order valence-corrected chi connectivity index (χ2v) is 8.76. The van der Waals surface area contributed by atoms with Crippen LogP contribution < -0.4 is 5.76 Å². The molecule has 3 amide bonds. The molecule has 1 aliphatic heterocycles. The zero-order chi connectivity index (χ0) is 26.1. The van der Waals surface area contributed by atoms with E-state index >= 15 is 0 Å². The van der Waals surface area contributed by atoms with E-state index in [2.05, 4.69) is 20.6 Å². The molecule has 2 aromatic heterocycles. The summed E-state index contributed by atoms with van der Waals surface area (Å²) in [7, 11) is 1.53. The van der Waals surface area contributed by atoms with Gasteiger partial charge in [0.05, 0.1) is 17.3 Å². The number of aryl methyl sites for hydroxylation is 1. The minimum atomic E-state index is -4.57. The molecule has 2 aliphatic rings. The number of hydrogen-bond acceptors (Lipinski definition) is 7. The summed E-state index contributed by atoms with van der Waals surface area (Å²) in [5.41, 5.74) is 0.518. The van der Waals surface area contributed by atoms with Crippen LogP contribution in [0.5, 0.6) is 0 Å². The number of halogens is 3. The maximum Gasteiger partial charge on any atom is 0.506 e. The van der Waals surface area contributed by atoms with Crippen molar-refractivity contribution in [3.8, 4) is 0 Å². The molecule has 2 unspecified atom stereocenters. The van der Waals surface area contributed by atoms with E-state index in [1.54, 1.807) is 12.1 Å². The fourth-order valence-electron chi connectivity index (χ4n) is 5.04. The van der Waals surface area contributed by atoms with Gasteiger partial charge in [-0.3, -0.25) is 4.57 Å². The number of nitrogens with one attached hydrogen (secondary N) is 1. The summed E-state index contributed by atoms with van der Waals surface area (Å²) >= 11 is 0. The first-order valence-electron chi connectivity index (χ1n) is 11.2. The van der Waals surface area contributed by atoms with Crippen molar-refractivity contribution in [1.29, 1.82) is 0 Å². The van der Waals surface area contributed by atoms with Crippen molar-refractivity contribution in [3.05, 3.63) is 69.5 Å². The van der Waals surface area contributed by atoms with E-state index in [1.165, 1.54) is 40.6 Å². The topological polar surface area (TPSA) is 130 Å². The molecule has 37 heavy (non-hydrogen) atoms. The van der Waals surface area contributed by atoms with Crippen LogP contribution in [0.1, 0.15) is 40.9 Å². The van der Waals surface area contributed by atoms with Crippen molar-refractivity contribution in [2.24, 2.45) is 7.05 Å². The van der Waals surface area contributed by atoms with Crippen LogP contribution >= 0.6 is 0 Å². The molecular formula is C23H17F3N7O4+. The summed E-state index contributed by atoms with van der Waals surface area (Å²) in [6.45, 7) is 0. The SMILES string of the molecule is Cn1c(=O)oc2cc([N+]3=CC(c4nn[nH]n4)C(=O)N(C4CCc5c4cccc5C(F)(F)F)C3=O)ccc21. The molecule has 4 aromatic rings. The highest BCUT2D eigenvalue weighted by Gasteiger charge is 2.52. The standard InChI is InChI=1S/C23H17F3N7O4/c1-31-17-7-5-11(9-18(17)37-22(31)36)32-10-14(19-27-29-30-28-19)20(34)33(21(32)35)16-8-6-12-13(16)3-2-4-15(12)23(24,25)26/h2-5,7,9-10,14,16H,6,8H2,1H3,(H,27,28,29,30)/q+1. The van der Waals surface area contributed by atoms with Crippen molar-refractivity contribution < 1.29 is 31.8 Å². The summed E-state index contributed by atoms with van der Waals surface area (Å²) < 4.78 is 48.6. The number of imide groups is 1. The molecule has 0 spiro atoms. The van der Waals surface area contributed by atoms with Crippen LogP contribution in [0, 0.1) is 0 Å². The Balaban J connectivity index is 1.49. The molecule has 0 radical (unpaired) electrons. The minimum absolute atomic E-state index is 0.0120. The van der Waals surface area contributed by atoms with Gasteiger partial charge in [0.25, 0.3) is 0 Å². The Kier molecular flexibility index (Phi) is 4.90. The second-order valence-electron chi connectivity index (χ2n) is 8.76. The average Bonchev–Trinajstić information content (AvgIpc) is 3.59. The maximum atomic E-state index is 13.8. The van der Waals surface area contributed by atoms with E-state index in [0.717, 1.165) is 11.0 Å². The van der Waals surface area contributed by atoms with Gasteiger partial charge >= 0.3 is 23.9 Å². The predicted octanol–water partition coefficient (Wildman–Crippen LogP) is 2.81. The number of carbonyl (C=O) groups is 2. The lowest BCUT2D eigenvalue weighted by molar-refractivity contribution is -0.344. The molecule has 2 atom stereocenters. The molecular weight excluding hydrogens is 495 g/mol. The summed E-state index contributed by atoms with van der Waals surface area (Å²) in [5, 5.41) is 13.5. The third kappa shape index (κ3) is 3.47. The number of amides is 3. The number of benzene rings is 2. The maximum absolute atomic E-state index is 13.8. The number of nitrogens with zero attached hydrogens (tertiary/aromatic N) is 6. The van der Waals surface area contributed by atoms with E-state index in [9.17, 15) is 27.6 Å². The Morgan fingerprint density at radius 3 is 2.70 bits per heavy atom. The molecule has 14 heteroatoms. The van der Waals surface area contributed by atoms with Gasteiger partial charge < -0.3 is 4.42 Å². The zero-order valence-corrected chi connectivity index (χ0v) is 19.1. The Hall–Kier alpha value is -4.62. The highest BCUT2D eigenvalue weighted by molar-refractivity contribution is 6.08. The number of carbonyl (C=O) groups excluding carboxylic acids is 2. The number of hydrogen-bond donors (Lipinski definition) is 1. The molecule has 1 N–H and O–H groups in total. The summed E-state index contributed by atoms with van der Waals surface area (Å²) in [4.78, 5) is 40.2. The zero-order valence-electron chi connectivity index (χ0n) is 19.1. The highest BCUT2D eigenvalue weighted by Crippen LogP contribution is 2.44. The van der Waals surface area contributed by atoms with Crippen LogP contribution in [-0.4, -0.2) is 52.8 Å². The number of alkyl halides is 3. The number of aromatic amines is 1. The molecule has 11 nitrogen and oxygen atoms in total. The molecule has 3 heterocycles. The molecule has 188 valence electrons. The number of urea groups is 1. The van der Waals surface area contributed by atoms with Crippen LogP contribution in [0.4, 0.5) is 23.7 Å². The lowest BCUT2D eigenvalue weighted by atomic mass is 9.99.